The number of fused-ring (bicyclic) bond motifs is 2. The van der Waals surface area contributed by atoms with Gasteiger partial charge >= 0.3 is 0 Å². The molecule has 1 fully saturated rings. The van der Waals surface area contributed by atoms with Crippen molar-refractivity contribution in [3.8, 4) is 5.75 Å². The number of ether oxygens (including phenoxy) is 1. The second-order valence-corrected chi connectivity index (χ2v) is 5.52. The maximum absolute atomic E-state index is 11.9. The molecular weight excluding hydrogens is 250 g/mol. The van der Waals surface area contributed by atoms with Gasteiger partial charge in [0.05, 0.1) is 5.54 Å². The highest BCUT2D eigenvalue weighted by molar-refractivity contribution is 6.00. The van der Waals surface area contributed by atoms with Gasteiger partial charge in [-0.15, -0.1) is 0 Å². The molecule has 3 heteroatoms. The molecule has 1 aliphatic heterocycles. The fraction of sp³-hybridized carbons (Fsp3) is 0.235. The first-order valence-corrected chi connectivity index (χ1v) is 6.91. The highest BCUT2D eigenvalue weighted by Gasteiger charge is 2.52. The zero-order chi connectivity index (χ0) is 13.6. The van der Waals surface area contributed by atoms with E-state index in [9.17, 15) is 4.79 Å². The second-order valence-electron chi connectivity index (χ2n) is 5.52. The normalized spacial score (nSPS) is 17.7. The predicted molar refractivity (Wildman–Crippen MR) is 75.6 cm³/mol. The number of carbonyl (C=O) groups excluding carboxylic acids is 1. The van der Waals surface area contributed by atoms with Crippen molar-refractivity contribution >= 4 is 5.91 Å². The third-order valence-electron chi connectivity index (χ3n) is 4.10. The molecule has 0 bridgehead atoms. The van der Waals surface area contributed by atoms with Crippen molar-refractivity contribution in [2.45, 2.75) is 25.0 Å². The van der Waals surface area contributed by atoms with Crippen molar-refractivity contribution in [2.75, 3.05) is 0 Å². The van der Waals surface area contributed by atoms with Crippen LogP contribution in [-0.4, -0.2) is 5.91 Å². The van der Waals surface area contributed by atoms with Gasteiger partial charge in [-0.2, -0.15) is 0 Å². The van der Waals surface area contributed by atoms with Crippen LogP contribution in [0.5, 0.6) is 5.75 Å². The van der Waals surface area contributed by atoms with Crippen molar-refractivity contribution in [1.29, 1.82) is 0 Å². The fourth-order valence-electron chi connectivity index (χ4n) is 2.82. The molecule has 0 aromatic heterocycles. The quantitative estimate of drug-likeness (QED) is 0.926. The Morgan fingerprint density at radius 2 is 1.90 bits per heavy atom. The monoisotopic (exact) mass is 265 g/mol. The standard InChI is InChI=1S/C17H15NO2/c19-16-14-7-6-13(10-15(14)17(18-16)8-9-17)20-11-12-4-2-1-3-5-12/h1-7,10H,8-9,11H2,(H,18,19). The Hall–Kier alpha value is -2.29. The van der Waals surface area contributed by atoms with Crippen LogP contribution in [0.15, 0.2) is 48.5 Å². The molecule has 1 heterocycles. The van der Waals surface area contributed by atoms with Crippen LogP contribution >= 0.6 is 0 Å². The van der Waals surface area contributed by atoms with Gasteiger partial charge in [-0.05, 0) is 42.2 Å². The molecule has 100 valence electrons. The van der Waals surface area contributed by atoms with E-state index in [0.29, 0.717) is 6.61 Å². The van der Waals surface area contributed by atoms with Gasteiger partial charge < -0.3 is 10.1 Å². The van der Waals surface area contributed by atoms with E-state index < -0.39 is 0 Å². The van der Waals surface area contributed by atoms with E-state index in [0.717, 1.165) is 35.3 Å². The lowest BCUT2D eigenvalue weighted by Crippen LogP contribution is -2.25. The molecule has 1 saturated carbocycles. The molecule has 0 radical (unpaired) electrons. The summed E-state index contributed by atoms with van der Waals surface area (Å²) < 4.78 is 5.83. The van der Waals surface area contributed by atoms with Crippen LogP contribution in [0.3, 0.4) is 0 Å². The van der Waals surface area contributed by atoms with Crippen LogP contribution in [0.2, 0.25) is 0 Å². The smallest absolute Gasteiger partial charge is 0.252 e. The average Bonchev–Trinajstić information content (AvgIpc) is 3.20. The summed E-state index contributed by atoms with van der Waals surface area (Å²) in [5.41, 5.74) is 2.96. The molecule has 20 heavy (non-hydrogen) atoms. The van der Waals surface area contributed by atoms with Crippen LogP contribution in [0, 0.1) is 0 Å². The Labute approximate surface area is 117 Å². The van der Waals surface area contributed by atoms with Crippen LogP contribution in [0.1, 0.15) is 34.3 Å². The molecule has 3 nitrogen and oxygen atoms in total. The van der Waals surface area contributed by atoms with Gasteiger partial charge in [-0.1, -0.05) is 30.3 Å². The Morgan fingerprint density at radius 3 is 2.65 bits per heavy atom. The third-order valence-corrected chi connectivity index (χ3v) is 4.10. The number of hydrogen-bond acceptors (Lipinski definition) is 2. The summed E-state index contributed by atoms with van der Waals surface area (Å²) >= 11 is 0. The van der Waals surface area contributed by atoms with Gasteiger partial charge in [0.25, 0.3) is 5.91 Å². The minimum Gasteiger partial charge on any atom is -0.489 e. The summed E-state index contributed by atoms with van der Waals surface area (Å²) in [6.45, 7) is 0.550. The number of rotatable bonds is 3. The molecule has 2 aliphatic rings. The van der Waals surface area contributed by atoms with E-state index in [4.69, 9.17) is 4.74 Å². The summed E-state index contributed by atoms with van der Waals surface area (Å²) in [5.74, 6) is 0.877. The van der Waals surface area contributed by atoms with Gasteiger partial charge in [0.15, 0.2) is 0 Å². The summed E-state index contributed by atoms with van der Waals surface area (Å²) in [6.07, 6.45) is 2.07. The number of amides is 1. The Bertz CT molecular complexity index is 675. The third kappa shape index (κ3) is 1.78. The lowest BCUT2D eigenvalue weighted by Gasteiger charge is -2.11. The highest BCUT2D eigenvalue weighted by atomic mass is 16.5. The number of hydrogen-bond donors (Lipinski definition) is 1. The predicted octanol–water partition coefficient (Wildman–Crippen LogP) is 3.00. The summed E-state index contributed by atoms with van der Waals surface area (Å²) in [6, 6.07) is 15.9. The zero-order valence-electron chi connectivity index (χ0n) is 11.1. The van der Waals surface area contributed by atoms with Gasteiger partial charge in [0.2, 0.25) is 0 Å². The molecule has 2 aromatic rings. The van der Waals surface area contributed by atoms with Crippen molar-refractivity contribution in [3.05, 3.63) is 65.2 Å². The molecule has 0 unspecified atom stereocenters. The topological polar surface area (TPSA) is 38.3 Å². The zero-order valence-corrected chi connectivity index (χ0v) is 11.1. The maximum Gasteiger partial charge on any atom is 0.252 e. The molecule has 2 aromatic carbocycles. The number of benzene rings is 2. The van der Waals surface area contributed by atoms with Gasteiger partial charge in [-0.3, -0.25) is 4.79 Å². The minimum absolute atomic E-state index is 0.0482. The first-order chi connectivity index (χ1) is 9.77. The van der Waals surface area contributed by atoms with Crippen LogP contribution < -0.4 is 10.1 Å². The summed E-state index contributed by atoms with van der Waals surface area (Å²) in [7, 11) is 0. The molecule has 0 atom stereocenters. The molecule has 1 N–H and O–H groups in total. The Kier molecular flexibility index (Phi) is 2.36. The maximum atomic E-state index is 11.9. The van der Waals surface area contributed by atoms with Gasteiger partial charge in [-0.25, -0.2) is 0 Å². The highest BCUT2D eigenvalue weighted by Crippen LogP contribution is 2.51. The lowest BCUT2D eigenvalue weighted by molar-refractivity contribution is 0.0952. The van der Waals surface area contributed by atoms with E-state index >= 15 is 0 Å². The van der Waals surface area contributed by atoms with Crippen LogP contribution in [0.25, 0.3) is 0 Å². The molecule has 1 aliphatic carbocycles. The van der Waals surface area contributed by atoms with E-state index in [-0.39, 0.29) is 11.4 Å². The van der Waals surface area contributed by atoms with Gasteiger partial charge in [0, 0.05) is 5.56 Å². The Balaban J connectivity index is 1.57. The molecule has 1 spiro atoms. The number of carbonyl (C=O) groups is 1. The van der Waals surface area contributed by atoms with Gasteiger partial charge in [0.1, 0.15) is 12.4 Å². The Morgan fingerprint density at radius 1 is 1.10 bits per heavy atom. The largest absolute Gasteiger partial charge is 0.489 e. The first kappa shape index (κ1) is 11.5. The summed E-state index contributed by atoms with van der Waals surface area (Å²) in [5, 5.41) is 3.08. The molecule has 4 rings (SSSR count). The second kappa shape index (κ2) is 4.10. The van der Waals surface area contributed by atoms with E-state index in [1.807, 2.05) is 48.5 Å². The van der Waals surface area contributed by atoms with Crippen LogP contribution in [-0.2, 0) is 12.1 Å². The minimum atomic E-state index is -0.0848. The molecular formula is C17H15NO2. The molecule has 0 saturated heterocycles. The van der Waals surface area contributed by atoms with Crippen molar-refractivity contribution in [3.63, 3.8) is 0 Å². The number of nitrogens with one attached hydrogen (secondary N) is 1. The molecule has 1 amide bonds. The lowest BCUT2D eigenvalue weighted by atomic mass is 10.0. The SMILES string of the molecule is O=C1NC2(CC2)c2cc(OCc3ccccc3)ccc21. The first-order valence-electron chi connectivity index (χ1n) is 6.91. The van der Waals surface area contributed by atoms with Crippen LogP contribution in [0.4, 0.5) is 0 Å². The van der Waals surface area contributed by atoms with E-state index in [2.05, 4.69) is 5.32 Å². The fourth-order valence-corrected chi connectivity index (χ4v) is 2.82. The summed E-state index contributed by atoms with van der Waals surface area (Å²) in [4.78, 5) is 11.9. The van der Waals surface area contributed by atoms with E-state index in [1.54, 1.807) is 0 Å². The van der Waals surface area contributed by atoms with Crippen molar-refractivity contribution < 1.29 is 9.53 Å². The van der Waals surface area contributed by atoms with Crippen molar-refractivity contribution in [2.24, 2.45) is 0 Å². The van der Waals surface area contributed by atoms with E-state index in [1.165, 1.54) is 0 Å². The average molecular weight is 265 g/mol. The van der Waals surface area contributed by atoms with Crippen molar-refractivity contribution in [1.82, 2.24) is 5.32 Å².